The maximum atomic E-state index is 12.6. The zero-order valence-electron chi connectivity index (χ0n) is 11.3. The molecule has 1 aromatic carbocycles. The molecule has 6 heteroatoms. The van der Waals surface area contributed by atoms with Crippen LogP contribution in [0.4, 0.5) is 13.2 Å². The zero-order chi connectivity index (χ0) is 14.8. The van der Waals surface area contributed by atoms with Crippen LogP contribution in [0.25, 0.3) is 11.3 Å². The van der Waals surface area contributed by atoms with E-state index in [1.165, 1.54) is 12.1 Å². The smallest absolute Gasteiger partial charge is 0.316 e. The first-order valence-electron chi connectivity index (χ1n) is 6.34. The summed E-state index contributed by atoms with van der Waals surface area (Å²) < 4.78 is 39.5. The number of rotatable bonds is 4. The molecule has 20 heavy (non-hydrogen) atoms. The largest absolute Gasteiger partial charge is 0.416 e. The molecule has 0 bridgehead atoms. The standard InChI is InChI=1S/C14H16F3N3/c1-3-20-13(11(8-18-2)9-19-20)10-4-6-12(7-5-10)14(15,16)17/h4-7,9,18H,3,8H2,1-2H3. The van der Waals surface area contributed by atoms with Gasteiger partial charge in [-0.2, -0.15) is 18.3 Å². The number of aromatic nitrogens is 2. The number of nitrogens with zero attached hydrogens (tertiary/aromatic N) is 2. The van der Waals surface area contributed by atoms with E-state index in [0.29, 0.717) is 13.1 Å². The Hall–Kier alpha value is -1.82. The first-order chi connectivity index (χ1) is 9.47. The molecule has 0 atom stereocenters. The molecule has 1 N–H and O–H groups in total. The second-order valence-corrected chi connectivity index (χ2v) is 4.44. The third kappa shape index (κ3) is 2.85. The van der Waals surface area contributed by atoms with E-state index < -0.39 is 11.7 Å². The van der Waals surface area contributed by atoms with Gasteiger partial charge in [-0.15, -0.1) is 0 Å². The van der Waals surface area contributed by atoms with Crippen LogP contribution in [0, 0.1) is 0 Å². The van der Waals surface area contributed by atoms with Crippen LogP contribution in [0.1, 0.15) is 18.1 Å². The van der Waals surface area contributed by atoms with Gasteiger partial charge in [-0.25, -0.2) is 0 Å². The van der Waals surface area contributed by atoms with Crippen LogP contribution in [-0.4, -0.2) is 16.8 Å². The highest BCUT2D eigenvalue weighted by Crippen LogP contribution is 2.31. The average Bonchev–Trinajstić information content (AvgIpc) is 2.81. The van der Waals surface area contributed by atoms with E-state index in [1.54, 1.807) is 10.9 Å². The Bertz CT molecular complexity index is 570. The number of benzene rings is 1. The molecule has 0 aliphatic heterocycles. The van der Waals surface area contributed by atoms with Crippen molar-refractivity contribution in [2.24, 2.45) is 0 Å². The Balaban J connectivity index is 2.43. The van der Waals surface area contributed by atoms with E-state index in [4.69, 9.17) is 0 Å². The van der Waals surface area contributed by atoms with Gasteiger partial charge < -0.3 is 5.32 Å². The lowest BCUT2D eigenvalue weighted by Gasteiger charge is -2.10. The van der Waals surface area contributed by atoms with Crippen LogP contribution in [0.3, 0.4) is 0 Å². The minimum atomic E-state index is -4.31. The molecule has 0 unspecified atom stereocenters. The first-order valence-corrected chi connectivity index (χ1v) is 6.34. The highest BCUT2D eigenvalue weighted by molar-refractivity contribution is 5.63. The van der Waals surface area contributed by atoms with Gasteiger partial charge >= 0.3 is 6.18 Å². The van der Waals surface area contributed by atoms with Gasteiger partial charge in [0.25, 0.3) is 0 Å². The number of hydrogen-bond acceptors (Lipinski definition) is 2. The summed E-state index contributed by atoms with van der Waals surface area (Å²) in [5, 5.41) is 7.29. The van der Waals surface area contributed by atoms with Gasteiger partial charge in [-0.05, 0) is 26.1 Å². The monoisotopic (exact) mass is 283 g/mol. The summed E-state index contributed by atoms with van der Waals surface area (Å²) >= 11 is 0. The predicted octanol–water partition coefficient (Wildman–Crippen LogP) is 3.31. The predicted molar refractivity (Wildman–Crippen MR) is 71.1 cm³/mol. The van der Waals surface area contributed by atoms with E-state index >= 15 is 0 Å². The van der Waals surface area contributed by atoms with Crippen molar-refractivity contribution in [3.8, 4) is 11.3 Å². The summed E-state index contributed by atoms with van der Waals surface area (Å²) in [4.78, 5) is 0. The van der Waals surface area contributed by atoms with Crippen LogP contribution in [0.5, 0.6) is 0 Å². The molecule has 2 aromatic rings. The second-order valence-electron chi connectivity index (χ2n) is 4.44. The number of hydrogen-bond donors (Lipinski definition) is 1. The topological polar surface area (TPSA) is 29.9 Å². The van der Waals surface area contributed by atoms with Crippen LogP contribution < -0.4 is 5.32 Å². The van der Waals surface area contributed by atoms with Crippen LogP contribution in [0.2, 0.25) is 0 Å². The van der Waals surface area contributed by atoms with E-state index in [1.807, 2.05) is 14.0 Å². The van der Waals surface area contributed by atoms with E-state index in [2.05, 4.69) is 10.4 Å². The molecule has 0 spiro atoms. The second kappa shape index (κ2) is 5.66. The van der Waals surface area contributed by atoms with E-state index in [0.717, 1.165) is 29.0 Å². The average molecular weight is 283 g/mol. The third-order valence-corrected chi connectivity index (χ3v) is 3.07. The molecule has 0 aliphatic carbocycles. The lowest BCUT2D eigenvalue weighted by molar-refractivity contribution is -0.137. The molecule has 108 valence electrons. The van der Waals surface area contributed by atoms with Gasteiger partial charge in [0.15, 0.2) is 0 Å². The van der Waals surface area contributed by atoms with Gasteiger partial charge in [-0.3, -0.25) is 4.68 Å². The van der Waals surface area contributed by atoms with E-state index in [9.17, 15) is 13.2 Å². The molecule has 0 fully saturated rings. The number of nitrogens with one attached hydrogen (secondary N) is 1. The first kappa shape index (κ1) is 14.6. The van der Waals surface area contributed by atoms with Gasteiger partial charge in [0.2, 0.25) is 0 Å². The van der Waals surface area contributed by atoms with Gasteiger partial charge in [0.1, 0.15) is 0 Å². The highest BCUT2D eigenvalue weighted by atomic mass is 19.4. The molecule has 0 amide bonds. The molecular formula is C14H16F3N3. The van der Waals surface area contributed by atoms with Crippen LogP contribution >= 0.6 is 0 Å². The lowest BCUT2D eigenvalue weighted by atomic mass is 10.1. The molecule has 1 aromatic heterocycles. The van der Waals surface area contributed by atoms with Gasteiger partial charge in [-0.1, -0.05) is 12.1 Å². The number of alkyl halides is 3. The zero-order valence-corrected chi connectivity index (χ0v) is 11.3. The SMILES string of the molecule is CCn1ncc(CNC)c1-c1ccc(C(F)(F)F)cc1. The fraction of sp³-hybridized carbons (Fsp3) is 0.357. The Kier molecular flexibility index (Phi) is 4.13. The molecule has 0 radical (unpaired) electrons. The van der Waals surface area contributed by atoms with Crippen molar-refractivity contribution in [3.05, 3.63) is 41.6 Å². The Morgan fingerprint density at radius 1 is 1.20 bits per heavy atom. The molecule has 1 heterocycles. The molecule has 0 saturated heterocycles. The van der Waals surface area contributed by atoms with Crippen molar-refractivity contribution in [3.63, 3.8) is 0 Å². The summed E-state index contributed by atoms with van der Waals surface area (Å²) in [5.74, 6) is 0. The molecule has 3 nitrogen and oxygen atoms in total. The molecule has 0 saturated carbocycles. The minimum Gasteiger partial charge on any atom is -0.316 e. The highest BCUT2D eigenvalue weighted by Gasteiger charge is 2.30. The molecular weight excluding hydrogens is 267 g/mol. The maximum absolute atomic E-state index is 12.6. The Morgan fingerprint density at radius 3 is 2.35 bits per heavy atom. The van der Waals surface area contributed by atoms with Crippen molar-refractivity contribution in [1.29, 1.82) is 0 Å². The lowest BCUT2D eigenvalue weighted by Crippen LogP contribution is -2.08. The van der Waals surface area contributed by atoms with Crippen molar-refractivity contribution < 1.29 is 13.2 Å². The third-order valence-electron chi connectivity index (χ3n) is 3.07. The van der Waals surface area contributed by atoms with Crippen molar-refractivity contribution in [1.82, 2.24) is 15.1 Å². The molecule has 0 aliphatic rings. The number of halogens is 3. The summed E-state index contributed by atoms with van der Waals surface area (Å²) in [6, 6.07) is 5.19. The normalized spacial score (nSPS) is 11.8. The van der Waals surface area contributed by atoms with Gasteiger partial charge in [0, 0.05) is 24.2 Å². The van der Waals surface area contributed by atoms with Crippen LogP contribution in [-0.2, 0) is 19.3 Å². The summed E-state index contributed by atoms with van der Waals surface area (Å²) in [7, 11) is 1.82. The van der Waals surface area contributed by atoms with Gasteiger partial charge in [0.05, 0.1) is 17.5 Å². The Morgan fingerprint density at radius 2 is 1.85 bits per heavy atom. The van der Waals surface area contributed by atoms with E-state index in [-0.39, 0.29) is 0 Å². The quantitative estimate of drug-likeness (QED) is 0.933. The fourth-order valence-electron chi connectivity index (χ4n) is 2.14. The van der Waals surface area contributed by atoms with Crippen LogP contribution in [0.15, 0.2) is 30.5 Å². The summed E-state index contributed by atoms with van der Waals surface area (Å²) in [6.07, 6.45) is -2.57. The Labute approximate surface area is 115 Å². The number of aryl methyl sites for hydroxylation is 1. The van der Waals surface area contributed by atoms with Crippen molar-refractivity contribution in [2.75, 3.05) is 7.05 Å². The maximum Gasteiger partial charge on any atom is 0.416 e. The summed E-state index contributed by atoms with van der Waals surface area (Å²) in [6.45, 7) is 3.24. The molecule has 2 rings (SSSR count). The summed E-state index contributed by atoms with van der Waals surface area (Å²) in [5.41, 5.74) is 1.92. The van der Waals surface area contributed by atoms with Crippen molar-refractivity contribution >= 4 is 0 Å². The minimum absolute atomic E-state index is 0.621. The fourth-order valence-corrected chi connectivity index (χ4v) is 2.14. The van der Waals surface area contributed by atoms with Crippen molar-refractivity contribution in [2.45, 2.75) is 26.2 Å².